The number of nitrogens with two attached hydrogens (primary N) is 1. The zero-order valence-electron chi connectivity index (χ0n) is 9.34. The van der Waals surface area contributed by atoms with Crippen LogP contribution in [0.15, 0.2) is 0 Å². The third-order valence-corrected chi connectivity index (χ3v) is 4.83. The van der Waals surface area contributed by atoms with Crippen LogP contribution >= 0.6 is 0 Å². The quantitative estimate of drug-likeness (QED) is 0.330. The molecule has 0 aliphatic carbocycles. The third-order valence-electron chi connectivity index (χ3n) is 1.89. The Morgan fingerprint density at radius 3 is 2.36 bits per heavy atom. The SMILES string of the molecule is CCC[Si](OC)(OC)OCNCCN. The Morgan fingerprint density at radius 2 is 1.93 bits per heavy atom. The molecule has 0 bridgehead atoms. The van der Waals surface area contributed by atoms with Crippen LogP contribution in [0.25, 0.3) is 0 Å². The van der Waals surface area contributed by atoms with Gasteiger partial charge in [-0.1, -0.05) is 13.3 Å². The standard InChI is InChI=1S/C8H22N2O3Si/c1-4-7-14(11-2,12-3)13-8-10-6-5-9/h10H,4-9H2,1-3H3. The van der Waals surface area contributed by atoms with Crippen molar-refractivity contribution in [3.05, 3.63) is 0 Å². The normalized spacial score (nSPS) is 12.0. The van der Waals surface area contributed by atoms with E-state index in [2.05, 4.69) is 12.2 Å². The molecule has 0 aromatic carbocycles. The lowest BCUT2D eigenvalue weighted by atomic mass is 10.6. The summed E-state index contributed by atoms with van der Waals surface area (Å²) in [7, 11) is 0.870. The second-order valence-electron chi connectivity index (χ2n) is 2.92. The van der Waals surface area contributed by atoms with Crippen LogP contribution < -0.4 is 11.1 Å². The van der Waals surface area contributed by atoms with Crippen LogP contribution in [0.4, 0.5) is 0 Å². The highest BCUT2D eigenvalue weighted by Crippen LogP contribution is 2.14. The maximum atomic E-state index is 5.60. The lowest BCUT2D eigenvalue weighted by Crippen LogP contribution is -2.46. The van der Waals surface area contributed by atoms with Crippen LogP contribution in [0.5, 0.6) is 0 Å². The van der Waals surface area contributed by atoms with E-state index in [1.165, 1.54) is 0 Å². The fraction of sp³-hybridized carbons (Fsp3) is 1.00. The Morgan fingerprint density at radius 1 is 1.29 bits per heavy atom. The second kappa shape index (κ2) is 8.34. The Labute approximate surface area is 87.3 Å². The number of hydrogen-bond donors (Lipinski definition) is 2. The second-order valence-corrected chi connectivity index (χ2v) is 5.89. The van der Waals surface area contributed by atoms with Crippen molar-refractivity contribution >= 4 is 8.80 Å². The molecule has 6 heteroatoms. The molecule has 0 aromatic rings. The Balaban J connectivity index is 3.82. The van der Waals surface area contributed by atoms with Gasteiger partial charge in [0.2, 0.25) is 0 Å². The molecule has 3 N–H and O–H groups in total. The fourth-order valence-corrected chi connectivity index (χ4v) is 3.01. The molecular formula is C8H22N2O3Si. The molecule has 0 spiro atoms. The van der Waals surface area contributed by atoms with Gasteiger partial charge < -0.3 is 19.0 Å². The molecule has 0 atom stereocenters. The van der Waals surface area contributed by atoms with Crippen molar-refractivity contribution in [2.75, 3.05) is 34.0 Å². The van der Waals surface area contributed by atoms with Crippen molar-refractivity contribution < 1.29 is 13.3 Å². The first-order chi connectivity index (χ1) is 6.74. The van der Waals surface area contributed by atoms with E-state index in [0.717, 1.165) is 19.0 Å². The third kappa shape index (κ3) is 5.04. The molecule has 0 radical (unpaired) electrons. The van der Waals surface area contributed by atoms with E-state index in [4.69, 9.17) is 19.0 Å². The van der Waals surface area contributed by atoms with Crippen LogP contribution in [0.3, 0.4) is 0 Å². The zero-order chi connectivity index (χ0) is 10.9. The molecule has 0 heterocycles. The van der Waals surface area contributed by atoms with Gasteiger partial charge in [0.15, 0.2) is 0 Å². The molecular weight excluding hydrogens is 200 g/mol. The molecule has 0 aromatic heterocycles. The summed E-state index contributed by atoms with van der Waals surface area (Å²) in [5.74, 6) is 0. The van der Waals surface area contributed by atoms with E-state index >= 15 is 0 Å². The average Bonchev–Trinajstić information content (AvgIpc) is 2.23. The first-order valence-corrected chi connectivity index (χ1v) is 6.83. The molecule has 86 valence electrons. The molecule has 0 aliphatic heterocycles. The van der Waals surface area contributed by atoms with E-state index in [-0.39, 0.29) is 0 Å². The maximum Gasteiger partial charge on any atom is 0.501 e. The van der Waals surface area contributed by atoms with Gasteiger partial charge in [0.1, 0.15) is 0 Å². The molecule has 0 saturated heterocycles. The monoisotopic (exact) mass is 222 g/mol. The van der Waals surface area contributed by atoms with Crippen molar-refractivity contribution in [1.29, 1.82) is 0 Å². The Hall–Kier alpha value is 0.0169. The first kappa shape index (κ1) is 14.0. The van der Waals surface area contributed by atoms with Gasteiger partial charge >= 0.3 is 8.80 Å². The summed E-state index contributed by atoms with van der Waals surface area (Å²) in [4.78, 5) is 0. The number of nitrogens with one attached hydrogen (secondary N) is 1. The predicted octanol–water partition coefficient (Wildman–Crippen LogP) is 0.151. The van der Waals surface area contributed by atoms with Gasteiger partial charge in [0.25, 0.3) is 0 Å². The van der Waals surface area contributed by atoms with Crippen LogP contribution in [0.2, 0.25) is 6.04 Å². The van der Waals surface area contributed by atoms with Crippen molar-refractivity contribution in [1.82, 2.24) is 5.32 Å². The molecule has 0 saturated carbocycles. The summed E-state index contributed by atoms with van der Waals surface area (Å²) in [6.07, 6.45) is 0.991. The summed E-state index contributed by atoms with van der Waals surface area (Å²) >= 11 is 0. The van der Waals surface area contributed by atoms with Crippen molar-refractivity contribution in [3.63, 3.8) is 0 Å². The molecule has 0 fully saturated rings. The molecule has 14 heavy (non-hydrogen) atoms. The van der Waals surface area contributed by atoms with E-state index < -0.39 is 8.80 Å². The lowest BCUT2D eigenvalue weighted by molar-refractivity contribution is 0.0903. The van der Waals surface area contributed by atoms with Crippen LogP contribution in [0.1, 0.15) is 13.3 Å². The highest BCUT2D eigenvalue weighted by molar-refractivity contribution is 6.60. The van der Waals surface area contributed by atoms with Gasteiger partial charge in [-0.15, -0.1) is 0 Å². The first-order valence-electron chi connectivity index (χ1n) is 4.89. The van der Waals surface area contributed by atoms with Gasteiger partial charge in [0, 0.05) is 33.4 Å². The number of hydrogen-bond acceptors (Lipinski definition) is 5. The van der Waals surface area contributed by atoms with Gasteiger partial charge in [-0.25, -0.2) is 0 Å². The van der Waals surface area contributed by atoms with Crippen molar-refractivity contribution in [2.24, 2.45) is 5.73 Å². The smallest absolute Gasteiger partial charge is 0.377 e. The largest absolute Gasteiger partial charge is 0.501 e. The van der Waals surface area contributed by atoms with E-state index in [1.54, 1.807) is 14.2 Å². The maximum absolute atomic E-state index is 5.60. The minimum absolute atomic E-state index is 0.436. The molecule has 0 rings (SSSR count). The van der Waals surface area contributed by atoms with E-state index in [9.17, 15) is 0 Å². The average molecular weight is 222 g/mol. The summed E-state index contributed by atoms with van der Waals surface area (Å²) in [5.41, 5.74) is 5.33. The lowest BCUT2D eigenvalue weighted by Gasteiger charge is -2.26. The van der Waals surface area contributed by atoms with Crippen molar-refractivity contribution in [3.8, 4) is 0 Å². The summed E-state index contributed by atoms with van der Waals surface area (Å²) in [5, 5.41) is 3.04. The number of rotatable bonds is 9. The minimum Gasteiger partial charge on any atom is -0.377 e. The molecule has 5 nitrogen and oxygen atoms in total. The summed E-state index contributed by atoms with van der Waals surface area (Å²) in [6.45, 7) is 3.86. The summed E-state index contributed by atoms with van der Waals surface area (Å²) in [6, 6.07) is 0.838. The van der Waals surface area contributed by atoms with Gasteiger partial charge in [0.05, 0.1) is 6.73 Å². The minimum atomic E-state index is -2.40. The van der Waals surface area contributed by atoms with Gasteiger partial charge in [-0.2, -0.15) is 0 Å². The fourth-order valence-electron chi connectivity index (χ4n) is 1.12. The van der Waals surface area contributed by atoms with Crippen molar-refractivity contribution in [2.45, 2.75) is 19.4 Å². The zero-order valence-corrected chi connectivity index (χ0v) is 10.3. The van der Waals surface area contributed by atoms with Gasteiger partial charge in [-0.3, -0.25) is 5.32 Å². The Kier molecular flexibility index (Phi) is 8.35. The topological polar surface area (TPSA) is 65.7 Å². The summed E-state index contributed by atoms with van der Waals surface area (Å²) < 4.78 is 16.3. The van der Waals surface area contributed by atoms with Crippen LogP contribution in [-0.4, -0.2) is 42.8 Å². The van der Waals surface area contributed by atoms with Crippen LogP contribution in [0, 0.1) is 0 Å². The molecule has 0 amide bonds. The highest BCUT2D eigenvalue weighted by Gasteiger charge is 2.37. The van der Waals surface area contributed by atoms with Crippen LogP contribution in [-0.2, 0) is 13.3 Å². The highest BCUT2D eigenvalue weighted by atomic mass is 28.4. The molecule has 0 unspecified atom stereocenters. The molecule has 0 aliphatic rings. The van der Waals surface area contributed by atoms with Gasteiger partial charge in [-0.05, 0) is 0 Å². The van der Waals surface area contributed by atoms with E-state index in [0.29, 0.717) is 13.3 Å². The Bertz CT molecular complexity index is 134. The predicted molar refractivity (Wildman–Crippen MR) is 57.9 cm³/mol. The van der Waals surface area contributed by atoms with E-state index in [1.807, 2.05) is 0 Å².